The molecule has 1 aromatic heterocycles. The zero-order chi connectivity index (χ0) is 22.4. The average Bonchev–Trinajstić information content (AvgIpc) is 2.78. The number of ketones is 1. The summed E-state index contributed by atoms with van der Waals surface area (Å²) in [5.74, 6) is -0.481. The molecule has 0 saturated carbocycles. The van der Waals surface area contributed by atoms with Gasteiger partial charge in [0.2, 0.25) is 5.95 Å². The maximum atomic E-state index is 13.1. The van der Waals surface area contributed by atoms with E-state index in [1.165, 1.54) is 11.0 Å². The van der Waals surface area contributed by atoms with Gasteiger partial charge in [-0.3, -0.25) is 9.69 Å². The summed E-state index contributed by atoms with van der Waals surface area (Å²) in [4.78, 5) is 29.6. The summed E-state index contributed by atoms with van der Waals surface area (Å²) in [7, 11) is 1.66. The second-order valence-electron chi connectivity index (χ2n) is 7.18. The summed E-state index contributed by atoms with van der Waals surface area (Å²) in [5.41, 5.74) is 4.81. The minimum atomic E-state index is -0.510. The second-order valence-corrected chi connectivity index (χ2v) is 7.18. The van der Waals surface area contributed by atoms with E-state index >= 15 is 0 Å². The number of hydrogen-bond acceptors (Lipinski definition) is 4. The number of nitrogens with zero attached hydrogens (tertiary/aromatic N) is 2. The van der Waals surface area contributed by atoms with Crippen molar-refractivity contribution >= 4 is 17.6 Å². The SMILES string of the molecule is CCOC(=O)N(C)c1ccc(-c2ccc(C(=O)CCc3ccc(F)nc3C)cc2)cc1. The van der Waals surface area contributed by atoms with Gasteiger partial charge >= 0.3 is 6.09 Å². The highest BCUT2D eigenvalue weighted by molar-refractivity contribution is 5.96. The monoisotopic (exact) mass is 420 g/mol. The van der Waals surface area contributed by atoms with Crippen LogP contribution in [0, 0.1) is 12.9 Å². The number of pyridine rings is 1. The third kappa shape index (κ3) is 5.54. The maximum Gasteiger partial charge on any atom is 0.413 e. The number of aryl methyl sites for hydroxylation is 2. The molecule has 6 heteroatoms. The van der Waals surface area contributed by atoms with Gasteiger partial charge in [0.25, 0.3) is 0 Å². The number of aromatic nitrogens is 1. The molecule has 0 radical (unpaired) electrons. The predicted octanol–water partition coefficient (Wildman–Crippen LogP) is 5.60. The Labute approximate surface area is 181 Å². The van der Waals surface area contributed by atoms with Crippen molar-refractivity contribution in [1.82, 2.24) is 4.98 Å². The first kappa shape index (κ1) is 22.2. The van der Waals surface area contributed by atoms with Crippen LogP contribution in [0.5, 0.6) is 0 Å². The van der Waals surface area contributed by atoms with Crippen LogP contribution in [-0.4, -0.2) is 30.5 Å². The van der Waals surface area contributed by atoms with Crippen LogP contribution in [0.1, 0.15) is 35.0 Å². The minimum absolute atomic E-state index is 0.0293. The Bertz CT molecular complexity index is 1060. The van der Waals surface area contributed by atoms with Crippen molar-refractivity contribution in [2.45, 2.75) is 26.7 Å². The Morgan fingerprint density at radius 3 is 2.16 bits per heavy atom. The summed E-state index contributed by atoms with van der Waals surface area (Å²) in [5, 5.41) is 0. The molecule has 1 amide bonds. The van der Waals surface area contributed by atoms with Gasteiger partial charge in [0, 0.05) is 30.4 Å². The fourth-order valence-electron chi connectivity index (χ4n) is 3.27. The number of benzene rings is 2. The highest BCUT2D eigenvalue weighted by Crippen LogP contribution is 2.24. The van der Waals surface area contributed by atoms with Crippen molar-refractivity contribution in [3.8, 4) is 11.1 Å². The summed E-state index contributed by atoms with van der Waals surface area (Å²) in [6.45, 7) is 3.84. The lowest BCUT2D eigenvalue weighted by Gasteiger charge is -2.16. The Morgan fingerprint density at radius 1 is 0.968 bits per heavy atom. The molecule has 0 aliphatic heterocycles. The molecule has 31 heavy (non-hydrogen) atoms. The molecule has 160 valence electrons. The van der Waals surface area contributed by atoms with E-state index in [4.69, 9.17) is 4.74 Å². The largest absolute Gasteiger partial charge is 0.449 e. The van der Waals surface area contributed by atoms with Crippen LogP contribution < -0.4 is 4.90 Å². The summed E-state index contributed by atoms with van der Waals surface area (Å²) in [6, 6.07) is 18.0. The molecule has 0 bridgehead atoms. The van der Waals surface area contributed by atoms with E-state index in [0.29, 0.717) is 30.7 Å². The van der Waals surface area contributed by atoms with E-state index < -0.39 is 12.0 Å². The number of rotatable bonds is 7. The maximum absolute atomic E-state index is 13.1. The number of carbonyl (C=O) groups excluding carboxylic acids is 2. The van der Waals surface area contributed by atoms with Gasteiger partial charge < -0.3 is 4.74 Å². The van der Waals surface area contributed by atoms with Gasteiger partial charge in [-0.05, 0) is 55.2 Å². The molecular weight excluding hydrogens is 395 g/mol. The Hall–Kier alpha value is -3.54. The van der Waals surface area contributed by atoms with E-state index in [-0.39, 0.29) is 5.78 Å². The highest BCUT2D eigenvalue weighted by atomic mass is 19.1. The zero-order valence-electron chi connectivity index (χ0n) is 17.9. The average molecular weight is 420 g/mol. The molecule has 0 aliphatic rings. The van der Waals surface area contributed by atoms with Crippen LogP contribution in [-0.2, 0) is 11.2 Å². The van der Waals surface area contributed by atoms with E-state index in [0.717, 1.165) is 22.4 Å². The smallest absolute Gasteiger partial charge is 0.413 e. The van der Waals surface area contributed by atoms with E-state index in [1.807, 2.05) is 48.5 Å². The Morgan fingerprint density at radius 2 is 1.58 bits per heavy atom. The van der Waals surface area contributed by atoms with Crippen molar-refractivity contribution in [1.29, 1.82) is 0 Å². The molecule has 0 fully saturated rings. The normalized spacial score (nSPS) is 10.6. The van der Waals surface area contributed by atoms with Crippen LogP contribution >= 0.6 is 0 Å². The summed E-state index contributed by atoms with van der Waals surface area (Å²) >= 11 is 0. The van der Waals surface area contributed by atoms with Crippen LogP contribution in [0.2, 0.25) is 0 Å². The number of halogens is 1. The van der Waals surface area contributed by atoms with Gasteiger partial charge in [-0.25, -0.2) is 9.78 Å². The van der Waals surface area contributed by atoms with Crippen LogP contribution in [0.25, 0.3) is 11.1 Å². The number of amides is 1. The fourth-order valence-corrected chi connectivity index (χ4v) is 3.27. The molecule has 0 unspecified atom stereocenters. The number of carbonyl (C=O) groups is 2. The molecule has 0 N–H and O–H groups in total. The lowest BCUT2D eigenvalue weighted by molar-refractivity contribution is 0.0982. The standard InChI is InChI=1S/C25H25FN2O3/c1-4-31-25(30)28(3)22-13-9-20(10-14-22)19-5-7-21(8-6-19)23(29)15-11-18-12-16-24(26)27-17(18)2/h5-10,12-14,16H,4,11,15H2,1-3H3. The molecule has 0 spiro atoms. The molecule has 1 heterocycles. The quantitative estimate of drug-likeness (QED) is 0.368. The van der Waals surface area contributed by atoms with Gasteiger partial charge in [0.1, 0.15) is 0 Å². The van der Waals surface area contributed by atoms with E-state index in [9.17, 15) is 14.0 Å². The number of hydrogen-bond donors (Lipinski definition) is 0. The molecule has 5 nitrogen and oxygen atoms in total. The highest BCUT2D eigenvalue weighted by Gasteiger charge is 2.12. The molecule has 3 rings (SSSR count). The van der Waals surface area contributed by atoms with Gasteiger partial charge in [0.05, 0.1) is 6.61 Å². The van der Waals surface area contributed by atoms with E-state index in [2.05, 4.69) is 4.98 Å². The number of Topliss-reactive ketones (excluding diaryl/α,β-unsaturated/α-hetero) is 1. The van der Waals surface area contributed by atoms with Gasteiger partial charge in [-0.2, -0.15) is 4.39 Å². The van der Waals surface area contributed by atoms with Crippen LogP contribution in [0.4, 0.5) is 14.9 Å². The topological polar surface area (TPSA) is 59.5 Å². The fraction of sp³-hybridized carbons (Fsp3) is 0.240. The molecule has 0 aliphatic carbocycles. The first-order valence-corrected chi connectivity index (χ1v) is 10.1. The molecule has 3 aromatic rings. The van der Waals surface area contributed by atoms with Crippen LogP contribution in [0.15, 0.2) is 60.7 Å². The molecule has 2 aromatic carbocycles. The van der Waals surface area contributed by atoms with E-state index in [1.54, 1.807) is 27.0 Å². The van der Waals surface area contributed by atoms with Crippen molar-refractivity contribution in [3.05, 3.63) is 83.4 Å². The lowest BCUT2D eigenvalue weighted by atomic mass is 9.99. The van der Waals surface area contributed by atoms with Gasteiger partial charge in [0.15, 0.2) is 5.78 Å². The Balaban J connectivity index is 1.64. The zero-order valence-corrected chi connectivity index (χ0v) is 17.9. The third-order valence-corrected chi connectivity index (χ3v) is 5.12. The summed E-state index contributed by atoms with van der Waals surface area (Å²) in [6.07, 6.45) is 0.460. The molecular formula is C25H25FN2O3. The second kappa shape index (κ2) is 9.98. The first-order valence-electron chi connectivity index (χ1n) is 10.1. The lowest BCUT2D eigenvalue weighted by Crippen LogP contribution is -2.26. The van der Waals surface area contributed by atoms with Crippen LogP contribution in [0.3, 0.4) is 0 Å². The van der Waals surface area contributed by atoms with Crippen molar-refractivity contribution in [3.63, 3.8) is 0 Å². The third-order valence-electron chi connectivity index (χ3n) is 5.12. The molecule has 0 saturated heterocycles. The predicted molar refractivity (Wildman–Crippen MR) is 119 cm³/mol. The van der Waals surface area contributed by atoms with Crippen molar-refractivity contribution < 1.29 is 18.7 Å². The number of ether oxygens (including phenoxy) is 1. The summed E-state index contributed by atoms with van der Waals surface area (Å²) < 4.78 is 18.1. The van der Waals surface area contributed by atoms with Gasteiger partial charge in [-0.1, -0.05) is 42.5 Å². The van der Waals surface area contributed by atoms with Crippen molar-refractivity contribution in [2.75, 3.05) is 18.6 Å². The Kier molecular flexibility index (Phi) is 7.13. The van der Waals surface area contributed by atoms with Crippen molar-refractivity contribution in [2.24, 2.45) is 0 Å². The van der Waals surface area contributed by atoms with Gasteiger partial charge in [-0.15, -0.1) is 0 Å². The number of anilines is 1. The first-order chi connectivity index (χ1) is 14.9. The molecule has 0 atom stereocenters. The minimum Gasteiger partial charge on any atom is -0.449 e.